The molecule has 7 heteroatoms. The number of nitro groups is 1. The predicted molar refractivity (Wildman–Crippen MR) is 155 cm³/mol. The van der Waals surface area contributed by atoms with E-state index in [2.05, 4.69) is 29.4 Å². The summed E-state index contributed by atoms with van der Waals surface area (Å²) in [5, 5.41) is 14.3. The Balaban J connectivity index is 1.49. The van der Waals surface area contributed by atoms with Gasteiger partial charge in [-0.1, -0.05) is 91.0 Å². The Bertz CT molecular complexity index is 1600. The Morgan fingerprint density at radius 3 is 1.92 bits per heavy atom. The molecule has 0 unspecified atom stereocenters. The van der Waals surface area contributed by atoms with Crippen LogP contribution in [0.5, 0.6) is 0 Å². The van der Waals surface area contributed by atoms with Crippen molar-refractivity contribution in [3.05, 3.63) is 152 Å². The van der Waals surface area contributed by atoms with Crippen LogP contribution >= 0.6 is 0 Å². The molecule has 5 rings (SSSR count). The van der Waals surface area contributed by atoms with Crippen molar-refractivity contribution in [2.45, 2.75) is 19.3 Å². The second kappa shape index (κ2) is 11.6. The quantitative estimate of drug-likeness (QED) is 0.133. The fraction of sp³-hybridized carbons (Fsp3) is 0.125. The Labute approximate surface area is 226 Å². The molecule has 0 spiro atoms. The fourth-order valence-corrected chi connectivity index (χ4v) is 4.83. The van der Waals surface area contributed by atoms with Gasteiger partial charge in [0.15, 0.2) is 0 Å². The van der Waals surface area contributed by atoms with Crippen LogP contribution in [0, 0.1) is 10.1 Å². The van der Waals surface area contributed by atoms with E-state index in [0.29, 0.717) is 29.2 Å². The van der Waals surface area contributed by atoms with Crippen molar-refractivity contribution in [2.24, 2.45) is 4.99 Å². The van der Waals surface area contributed by atoms with E-state index < -0.39 is 4.92 Å². The van der Waals surface area contributed by atoms with Gasteiger partial charge in [0, 0.05) is 35.9 Å². The molecule has 0 atom stereocenters. The molecular weight excluding hydrogens is 488 g/mol. The number of aliphatic imine (C=N–C) groups is 1. The summed E-state index contributed by atoms with van der Waals surface area (Å²) in [6.07, 6.45) is 0.785. The monoisotopic (exact) mass is 516 g/mol. The lowest BCUT2D eigenvalue weighted by Gasteiger charge is -2.17. The maximum absolute atomic E-state index is 13.7. The largest absolute Gasteiger partial charge is 0.290 e. The van der Waals surface area contributed by atoms with E-state index in [-0.39, 0.29) is 17.2 Å². The summed E-state index contributed by atoms with van der Waals surface area (Å²) in [6.45, 7) is 2.40. The minimum Gasteiger partial charge on any atom is -0.290 e. The first-order chi connectivity index (χ1) is 19.0. The molecule has 39 heavy (non-hydrogen) atoms. The number of H-pyrrole nitrogens is 1. The summed E-state index contributed by atoms with van der Waals surface area (Å²) in [6, 6.07) is 36.3. The Morgan fingerprint density at radius 1 is 0.846 bits per heavy atom. The zero-order valence-corrected chi connectivity index (χ0v) is 21.5. The molecule has 1 heterocycles. The van der Waals surface area contributed by atoms with Crippen molar-refractivity contribution in [2.75, 3.05) is 6.54 Å². The fourth-order valence-electron chi connectivity index (χ4n) is 4.83. The average molecular weight is 517 g/mol. The minimum atomic E-state index is -0.461. The molecule has 7 nitrogen and oxygen atoms in total. The van der Waals surface area contributed by atoms with E-state index >= 15 is 0 Å². The lowest BCUT2D eigenvalue weighted by Crippen LogP contribution is -2.20. The Kier molecular flexibility index (Phi) is 7.59. The number of hydrogen-bond acceptors (Lipinski definition) is 4. The number of aromatic nitrogens is 2. The molecule has 0 aliphatic rings. The SMILES string of the molecule is CC(=NCCC(c1ccccc1)c1ccccc1)c1c(-c2ccccc2)[nH]n(-c2ccc([N+](=O)[O-])cc2)c1=O. The van der Waals surface area contributed by atoms with Crippen LogP contribution in [-0.4, -0.2) is 27.0 Å². The zero-order valence-electron chi connectivity index (χ0n) is 21.5. The Morgan fingerprint density at radius 2 is 1.38 bits per heavy atom. The number of rotatable bonds is 9. The van der Waals surface area contributed by atoms with Crippen molar-refractivity contribution in [1.29, 1.82) is 0 Å². The van der Waals surface area contributed by atoms with Gasteiger partial charge in [-0.15, -0.1) is 0 Å². The number of benzene rings is 4. The molecule has 194 valence electrons. The molecule has 1 aromatic heterocycles. The molecule has 0 amide bonds. The van der Waals surface area contributed by atoms with Crippen molar-refractivity contribution < 1.29 is 4.92 Å². The standard InChI is InChI=1S/C32H28N4O3/c1-23(33-22-21-29(24-11-5-2-6-12-24)25-13-7-3-8-14-25)30-31(26-15-9-4-10-16-26)34-35(32(30)37)27-17-19-28(20-18-27)36(38)39/h2-20,29,34H,21-22H2,1H3. The third-order valence-electron chi connectivity index (χ3n) is 6.80. The van der Waals surface area contributed by atoms with E-state index in [1.54, 1.807) is 12.1 Å². The highest BCUT2D eigenvalue weighted by molar-refractivity contribution is 6.03. The second-order valence-electron chi connectivity index (χ2n) is 9.27. The van der Waals surface area contributed by atoms with Crippen LogP contribution in [0.1, 0.15) is 36.0 Å². The maximum atomic E-state index is 13.7. The smallest absolute Gasteiger partial charge is 0.280 e. The first-order valence-corrected chi connectivity index (χ1v) is 12.8. The molecule has 0 saturated heterocycles. The number of nitrogens with zero attached hydrogens (tertiary/aromatic N) is 3. The van der Waals surface area contributed by atoms with Gasteiger partial charge < -0.3 is 0 Å². The normalized spacial score (nSPS) is 11.6. The molecule has 0 bridgehead atoms. The van der Waals surface area contributed by atoms with Gasteiger partial charge in [-0.05, 0) is 36.6 Å². The van der Waals surface area contributed by atoms with Crippen LogP contribution < -0.4 is 5.56 Å². The molecule has 1 N–H and O–H groups in total. The van der Waals surface area contributed by atoms with E-state index in [0.717, 1.165) is 12.0 Å². The van der Waals surface area contributed by atoms with Crippen LogP contribution in [0.3, 0.4) is 0 Å². The lowest BCUT2D eigenvalue weighted by atomic mass is 9.88. The van der Waals surface area contributed by atoms with Crippen molar-refractivity contribution >= 4 is 11.4 Å². The third kappa shape index (κ3) is 5.62. The zero-order chi connectivity index (χ0) is 27.2. The van der Waals surface area contributed by atoms with Gasteiger partial charge in [-0.2, -0.15) is 0 Å². The van der Waals surface area contributed by atoms with Crippen molar-refractivity contribution in [1.82, 2.24) is 9.78 Å². The van der Waals surface area contributed by atoms with E-state index in [1.165, 1.54) is 27.9 Å². The summed E-state index contributed by atoms with van der Waals surface area (Å²) in [5.41, 5.74) is 5.29. The van der Waals surface area contributed by atoms with E-state index in [1.807, 2.05) is 73.7 Å². The van der Waals surface area contributed by atoms with Gasteiger partial charge in [0.25, 0.3) is 11.2 Å². The predicted octanol–water partition coefficient (Wildman–Crippen LogP) is 6.77. The number of nitrogens with one attached hydrogen (secondary N) is 1. The van der Waals surface area contributed by atoms with Crippen LogP contribution in [-0.2, 0) is 0 Å². The first kappa shape index (κ1) is 25.6. The number of aromatic amines is 1. The molecule has 0 aliphatic carbocycles. The first-order valence-electron chi connectivity index (χ1n) is 12.8. The van der Waals surface area contributed by atoms with Crippen LogP contribution in [0.15, 0.2) is 125 Å². The van der Waals surface area contributed by atoms with E-state index in [4.69, 9.17) is 4.99 Å². The summed E-state index contributed by atoms with van der Waals surface area (Å²) in [5.74, 6) is 0.181. The molecule has 0 saturated carbocycles. The van der Waals surface area contributed by atoms with Gasteiger partial charge in [0.05, 0.1) is 21.9 Å². The molecule has 4 aromatic carbocycles. The Hall–Kier alpha value is -5.04. The second-order valence-corrected chi connectivity index (χ2v) is 9.27. The molecular formula is C32H28N4O3. The number of nitro benzene ring substituents is 1. The van der Waals surface area contributed by atoms with Gasteiger partial charge in [-0.25, -0.2) is 4.68 Å². The highest BCUT2D eigenvalue weighted by Crippen LogP contribution is 2.28. The van der Waals surface area contributed by atoms with Gasteiger partial charge >= 0.3 is 0 Å². The van der Waals surface area contributed by atoms with Crippen LogP contribution in [0.2, 0.25) is 0 Å². The maximum Gasteiger partial charge on any atom is 0.280 e. The van der Waals surface area contributed by atoms with Crippen LogP contribution in [0.25, 0.3) is 16.9 Å². The third-order valence-corrected chi connectivity index (χ3v) is 6.80. The summed E-state index contributed by atoms with van der Waals surface area (Å²) < 4.78 is 1.41. The molecule has 0 aliphatic heterocycles. The van der Waals surface area contributed by atoms with Crippen LogP contribution in [0.4, 0.5) is 5.69 Å². The summed E-state index contributed by atoms with van der Waals surface area (Å²) in [4.78, 5) is 29.2. The van der Waals surface area contributed by atoms with Gasteiger partial charge in [-0.3, -0.25) is 25.0 Å². The van der Waals surface area contributed by atoms with Gasteiger partial charge in [0.1, 0.15) is 0 Å². The lowest BCUT2D eigenvalue weighted by molar-refractivity contribution is -0.384. The minimum absolute atomic E-state index is 0.0361. The molecule has 0 radical (unpaired) electrons. The average Bonchev–Trinajstić information content (AvgIpc) is 3.33. The topological polar surface area (TPSA) is 93.3 Å². The molecule has 0 fully saturated rings. The van der Waals surface area contributed by atoms with Crippen molar-refractivity contribution in [3.63, 3.8) is 0 Å². The number of non-ortho nitro benzene ring substituents is 1. The highest BCUT2D eigenvalue weighted by Gasteiger charge is 2.20. The molecule has 5 aromatic rings. The summed E-state index contributed by atoms with van der Waals surface area (Å²) in [7, 11) is 0. The number of hydrogen-bond donors (Lipinski definition) is 1. The summed E-state index contributed by atoms with van der Waals surface area (Å²) >= 11 is 0. The van der Waals surface area contributed by atoms with Crippen molar-refractivity contribution in [3.8, 4) is 16.9 Å². The highest BCUT2D eigenvalue weighted by atomic mass is 16.6. The van der Waals surface area contributed by atoms with E-state index in [9.17, 15) is 14.9 Å². The van der Waals surface area contributed by atoms with Gasteiger partial charge in [0.2, 0.25) is 0 Å².